The number of fused-ring (bicyclic) bond motifs is 1. The SMILES string of the molecule is CC(C)(C)c1ccc2c(c1)C=C[C@@H](C(F)(F)F)S2. The number of halogens is 3. The van der Waals surface area contributed by atoms with Gasteiger partial charge in [-0.1, -0.05) is 45.1 Å². The minimum absolute atomic E-state index is 0.00835. The fourth-order valence-corrected chi connectivity index (χ4v) is 2.77. The molecule has 1 heterocycles. The average Bonchev–Trinajstić information content (AvgIpc) is 2.25. The van der Waals surface area contributed by atoms with Gasteiger partial charge in [-0.3, -0.25) is 0 Å². The van der Waals surface area contributed by atoms with Crippen LogP contribution in [0, 0.1) is 0 Å². The number of rotatable bonds is 0. The van der Waals surface area contributed by atoms with Gasteiger partial charge in [0.05, 0.1) is 0 Å². The zero-order valence-corrected chi connectivity index (χ0v) is 11.3. The van der Waals surface area contributed by atoms with Crippen molar-refractivity contribution in [1.82, 2.24) is 0 Å². The molecular formula is C14H15F3S. The third-order valence-electron chi connectivity index (χ3n) is 2.90. The molecule has 0 unspecified atom stereocenters. The van der Waals surface area contributed by atoms with E-state index < -0.39 is 11.4 Å². The lowest BCUT2D eigenvalue weighted by molar-refractivity contribution is -0.119. The van der Waals surface area contributed by atoms with Crippen molar-refractivity contribution in [1.29, 1.82) is 0 Å². The Morgan fingerprint density at radius 1 is 1.11 bits per heavy atom. The van der Waals surface area contributed by atoms with E-state index in [0.29, 0.717) is 4.90 Å². The maximum Gasteiger partial charge on any atom is 0.404 e. The van der Waals surface area contributed by atoms with Crippen molar-refractivity contribution in [2.75, 3.05) is 0 Å². The maximum absolute atomic E-state index is 12.6. The first-order valence-corrected chi connectivity index (χ1v) is 6.62. The van der Waals surface area contributed by atoms with Gasteiger partial charge in [-0.2, -0.15) is 13.2 Å². The third kappa shape index (κ3) is 2.74. The van der Waals surface area contributed by atoms with Gasteiger partial charge in [0.1, 0.15) is 5.25 Å². The standard InChI is InChI=1S/C14H15F3S/c1-13(2,3)10-5-6-11-9(8-10)4-7-12(18-11)14(15,16)17/h4-8,12H,1-3H3/t12-/m0/s1. The summed E-state index contributed by atoms with van der Waals surface area (Å²) in [5.41, 5.74) is 2.03. The van der Waals surface area contributed by atoms with Crippen molar-refractivity contribution < 1.29 is 13.2 Å². The van der Waals surface area contributed by atoms with Gasteiger partial charge in [0.15, 0.2) is 0 Å². The van der Waals surface area contributed by atoms with E-state index in [4.69, 9.17) is 0 Å². The number of hydrogen-bond donors (Lipinski definition) is 0. The summed E-state index contributed by atoms with van der Waals surface area (Å²) in [7, 11) is 0. The van der Waals surface area contributed by atoms with Crippen molar-refractivity contribution in [3.05, 3.63) is 35.4 Å². The van der Waals surface area contributed by atoms with Crippen molar-refractivity contribution in [2.24, 2.45) is 0 Å². The molecule has 0 bridgehead atoms. The van der Waals surface area contributed by atoms with Gasteiger partial charge in [-0.15, -0.1) is 11.8 Å². The first-order valence-electron chi connectivity index (χ1n) is 5.74. The Hall–Kier alpha value is -0.900. The summed E-state index contributed by atoms with van der Waals surface area (Å²) >= 11 is 0.871. The van der Waals surface area contributed by atoms with Crippen LogP contribution in [0.3, 0.4) is 0 Å². The first kappa shape index (κ1) is 13.5. The van der Waals surface area contributed by atoms with E-state index in [-0.39, 0.29) is 5.41 Å². The quantitative estimate of drug-likeness (QED) is 0.638. The highest BCUT2D eigenvalue weighted by Crippen LogP contribution is 2.42. The Morgan fingerprint density at radius 3 is 2.33 bits per heavy atom. The van der Waals surface area contributed by atoms with Crippen LogP contribution in [0.1, 0.15) is 31.9 Å². The average molecular weight is 272 g/mol. The van der Waals surface area contributed by atoms with Gasteiger partial charge < -0.3 is 0 Å². The molecule has 0 radical (unpaired) electrons. The second-order valence-electron chi connectivity index (χ2n) is 5.44. The first-order chi connectivity index (χ1) is 8.18. The molecule has 1 aliphatic heterocycles. The molecule has 0 saturated heterocycles. The largest absolute Gasteiger partial charge is 0.404 e. The van der Waals surface area contributed by atoms with Gasteiger partial charge >= 0.3 is 6.18 Å². The van der Waals surface area contributed by atoms with Crippen molar-refractivity contribution >= 4 is 17.8 Å². The minimum Gasteiger partial charge on any atom is -0.169 e. The Morgan fingerprint density at radius 2 is 1.78 bits per heavy atom. The second kappa shape index (κ2) is 4.34. The zero-order valence-electron chi connectivity index (χ0n) is 10.5. The highest BCUT2D eigenvalue weighted by atomic mass is 32.2. The van der Waals surface area contributed by atoms with Crippen LogP contribution in [-0.4, -0.2) is 11.4 Å². The number of alkyl halides is 3. The number of thioether (sulfide) groups is 1. The molecule has 98 valence electrons. The van der Waals surface area contributed by atoms with Crippen molar-refractivity contribution in [3.63, 3.8) is 0 Å². The Kier molecular flexibility index (Phi) is 3.26. The van der Waals surface area contributed by atoms with Gasteiger partial charge in [0.25, 0.3) is 0 Å². The van der Waals surface area contributed by atoms with Crippen molar-refractivity contribution in [3.8, 4) is 0 Å². The molecule has 0 spiro atoms. The van der Waals surface area contributed by atoms with E-state index in [1.54, 1.807) is 12.1 Å². The monoisotopic (exact) mass is 272 g/mol. The molecule has 2 rings (SSSR count). The van der Waals surface area contributed by atoms with Gasteiger partial charge in [0, 0.05) is 4.90 Å². The van der Waals surface area contributed by atoms with Crippen LogP contribution in [0.25, 0.3) is 6.08 Å². The van der Waals surface area contributed by atoms with Crippen LogP contribution >= 0.6 is 11.8 Å². The molecule has 1 atom stereocenters. The van der Waals surface area contributed by atoms with E-state index in [0.717, 1.165) is 22.9 Å². The summed E-state index contributed by atoms with van der Waals surface area (Å²) in [6.07, 6.45) is -1.36. The summed E-state index contributed by atoms with van der Waals surface area (Å²) in [5.74, 6) is 0. The van der Waals surface area contributed by atoms with Crippen molar-refractivity contribution in [2.45, 2.75) is 42.5 Å². The summed E-state index contributed by atoms with van der Waals surface area (Å²) in [5, 5.41) is -1.43. The maximum atomic E-state index is 12.6. The number of benzene rings is 1. The molecule has 18 heavy (non-hydrogen) atoms. The Bertz CT molecular complexity index is 481. The molecule has 0 aromatic heterocycles. The fourth-order valence-electron chi connectivity index (χ4n) is 1.80. The Balaban J connectivity index is 2.33. The molecule has 0 amide bonds. The topological polar surface area (TPSA) is 0 Å². The van der Waals surface area contributed by atoms with E-state index >= 15 is 0 Å². The molecule has 0 nitrogen and oxygen atoms in total. The highest BCUT2D eigenvalue weighted by Gasteiger charge is 2.40. The molecule has 4 heteroatoms. The third-order valence-corrected chi connectivity index (χ3v) is 4.21. The van der Waals surface area contributed by atoms with Crippen LogP contribution in [0.15, 0.2) is 29.2 Å². The molecule has 1 aliphatic rings. The number of hydrogen-bond acceptors (Lipinski definition) is 1. The van der Waals surface area contributed by atoms with Crippen LogP contribution in [0.5, 0.6) is 0 Å². The predicted octanol–water partition coefficient (Wildman–Crippen LogP) is 5.03. The van der Waals surface area contributed by atoms with Crippen LogP contribution < -0.4 is 0 Å². The fraction of sp³-hybridized carbons (Fsp3) is 0.429. The molecule has 1 aromatic carbocycles. The minimum atomic E-state index is -4.18. The van der Waals surface area contributed by atoms with E-state index in [2.05, 4.69) is 20.8 Å². The van der Waals surface area contributed by atoms with E-state index in [1.807, 2.05) is 12.1 Å². The molecule has 0 saturated carbocycles. The normalized spacial score (nSPS) is 19.8. The summed E-state index contributed by atoms with van der Waals surface area (Å²) in [6, 6.07) is 5.69. The summed E-state index contributed by atoms with van der Waals surface area (Å²) in [4.78, 5) is 0.702. The highest BCUT2D eigenvalue weighted by molar-refractivity contribution is 8.00. The van der Waals surface area contributed by atoms with Crippen LogP contribution in [0.2, 0.25) is 0 Å². The summed E-state index contributed by atoms with van der Waals surface area (Å²) < 4.78 is 37.9. The van der Waals surface area contributed by atoms with Gasteiger partial charge in [-0.05, 0) is 22.6 Å². The molecule has 0 aliphatic carbocycles. The molecular weight excluding hydrogens is 257 g/mol. The zero-order chi connectivity index (χ0) is 13.6. The predicted molar refractivity (Wildman–Crippen MR) is 69.9 cm³/mol. The van der Waals surface area contributed by atoms with Crippen LogP contribution in [0.4, 0.5) is 13.2 Å². The lowest BCUT2D eigenvalue weighted by Crippen LogP contribution is -2.24. The second-order valence-corrected chi connectivity index (χ2v) is 6.63. The Labute approximate surface area is 109 Å². The lowest BCUT2D eigenvalue weighted by Gasteiger charge is -2.24. The van der Waals surface area contributed by atoms with Gasteiger partial charge in [-0.25, -0.2) is 0 Å². The van der Waals surface area contributed by atoms with E-state index in [1.165, 1.54) is 6.08 Å². The van der Waals surface area contributed by atoms with E-state index in [9.17, 15) is 13.2 Å². The molecule has 0 fully saturated rings. The lowest BCUT2D eigenvalue weighted by atomic mass is 9.86. The summed E-state index contributed by atoms with van der Waals surface area (Å²) in [6.45, 7) is 6.27. The molecule has 1 aromatic rings. The van der Waals surface area contributed by atoms with Gasteiger partial charge in [0.2, 0.25) is 0 Å². The van der Waals surface area contributed by atoms with Crippen LogP contribution in [-0.2, 0) is 5.41 Å². The molecule has 0 N–H and O–H groups in total. The smallest absolute Gasteiger partial charge is 0.169 e.